The van der Waals surface area contributed by atoms with E-state index >= 15 is 0 Å². The Morgan fingerprint density at radius 3 is 2.77 bits per heavy atom. The van der Waals surface area contributed by atoms with Crippen molar-refractivity contribution in [2.45, 2.75) is 58.7 Å². The number of fused-ring (bicyclic) bond motifs is 2. The van der Waals surface area contributed by atoms with Gasteiger partial charge >= 0.3 is 0 Å². The summed E-state index contributed by atoms with van der Waals surface area (Å²) in [5.41, 5.74) is 9.34. The van der Waals surface area contributed by atoms with Crippen molar-refractivity contribution in [1.82, 2.24) is 40.5 Å². The smallest absolute Gasteiger partial charge is 0.175 e. The standard InChI is InChI=1S/C30H34N8O/c1-5-24-18-38(16-22-8-6-7-9-28(22)39-24)17-23-14-21(11-10-19(23)2)26(15-29-31-34-35-32-29)25-12-13-27-30(20(25)3)33-36-37(27)4/h6-14,24,26H,5,15-18H2,1-4H3,(H,31,32,34,35)/t24-,26?/m1/s1. The maximum Gasteiger partial charge on any atom is 0.175 e. The van der Waals surface area contributed by atoms with Gasteiger partial charge in [0.1, 0.15) is 17.4 Å². The molecule has 0 bridgehead atoms. The molecular weight excluding hydrogens is 488 g/mol. The number of para-hydroxylation sites is 1. The average Bonchev–Trinajstić information content (AvgIpc) is 3.55. The second-order valence-electron chi connectivity index (χ2n) is 10.6. The van der Waals surface area contributed by atoms with Crippen molar-refractivity contribution in [3.63, 3.8) is 0 Å². The fraction of sp³-hybridized carbons (Fsp3) is 0.367. The van der Waals surface area contributed by atoms with Gasteiger partial charge in [0, 0.05) is 44.6 Å². The van der Waals surface area contributed by atoms with E-state index in [0.717, 1.165) is 48.4 Å². The highest BCUT2D eigenvalue weighted by atomic mass is 16.5. The Morgan fingerprint density at radius 2 is 1.95 bits per heavy atom. The van der Waals surface area contributed by atoms with E-state index in [1.54, 1.807) is 0 Å². The molecule has 39 heavy (non-hydrogen) atoms. The Morgan fingerprint density at radius 1 is 1.08 bits per heavy atom. The molecule has 1 unspecified atom stereocenters. The van der Waals surface area contributed by atoms with Gasteiger partial charge in [0.15, 0.2) is 5.82 Å². The molecule has 0 radical (unpaired) electrons. The van der Waals surface area contributed by atoms with Crippen LogP contribution < -0.4 is 4.74 Å². The van der Waals surface area contributed by atoms with Crippen LogP contribution in [0, 0.1) is 13.8 Å². The minimum Gasteiger partial charge on any atom is -0.489 e. The van der Waals surface area contributed by atoms with Crippen molar-refractivity contribution in [1.29, 1.82) is 0 Å². The van der Waals surface area contributed by atoms with Gasteiger partial charge in [-0.05, 0) is 60.2 Å². The lowest BCUT2D eigenvalue weighted by Gasteiger charge is -2.25. The molecule has 5 aromatic rings. The number of aryl methyl sites for hydroxylation is 3. The first-order valence-electron chi connectivity index (χ1n) is 13.6. The third-order valence-corrected chi connectivity index (χ3v) is 7.98. The van der Waals surface area contributed by atoms with Crippen molar-refractivity contribution < 1.29 is 4.74 Å². The molecule has 2 aromatic heterocycles. The maximum atomic E-state index is 6.36. The highest BCUT2D eigenvalue weighted by Gasteiger charge is 2.25. The summed E-state index contributed by atoms with van der Waals surface area (Å²) >= 11 is 0. The number of tetrazole rings is 1. The highest BCUT2D eigenvalue weighted by molar-refractivity contribution is 5.79. The maximum absolute atomic E-state index is 6.36. The van der Waals surface area contributed by atoms with Gasteiger partial charge in [-0.25, -0.2) is 4.68 Å². The monoisotopic (exact) mass is 522 g/mol. The summed E-state index contributed by atoms with van der Waals surface area (Å²) in [6, 6.07) is 19.6. The van der Waals surface area contributed by atoms with Gasteiger partial charge in [0.05, 0.1) is 5.52 Å². The molecule has 9 nitrogen and oxygen atoms in total. The van der Waals surface area contributed by atoms with Gasteiger partial charge < -0.3 is 4.74 Å². The van der Waals surface area contributed by atoms with E-state index < -0.39 is 0 Å². The third-order valence-electron chi connectivity index (χ3n) is 7.98. The summed E-state index contributed by atoms with van der Waals surface area (Å²) in [5.74, 6) is 1.74. The first kappa shape index (κ1) is 25.2. The van der Waals surface area contributed by atoms with E-state index in [9.17, 15) is 0 Å². The van der Waals surface area contributed by atoms with Gasteiger partial charge in [0.25, 0.3) is 0 Å². The van der Waals surface area contributed by atoms with Gasteiger partial charge in [-0.15, -0.1) is 15.3 Å². The summed E-state index contributed by atoms with van der Waals surface area (Å²) in [6.07, 6.45) is 1.78. The lowest BCUT2D eigenvalue weighted by Crippen LogP contribution is -2.32. The zero-order valence-electron chi connectivity index (χ0n) is 22.9. The summed E-state index contributed by atoms with van der Waals surface area (Å²) in [7, 11) is 1.92. The second kappa shape index (κ2) is 10.6. The topological polar surface area (TPSA) is 97.6 Å². The summed E-state index contributed by atoms with van der Waals surface area (Å²) in [5, 5.41) is 23.7. The number of aromatic amines is 1. The van der Waals surface area contributed by atoms with Crippen LogP contribution in [0.15, 0.2) is 54.6 Å². The summed E-state index contributed by atoms with van der Waals surface area (Å²) in [6.45, 7) is 9.13. The average molecular weight is 523 g/mol. The van der Waals surface area contributed by atoms with Crippen LogP contribution in [0.1, 0.15) is 58.5 Å². The number of ether oxygens (including phenoxy) is 1. The van der Waals surface area contributed by atoms with Gasteiger partial charge in [-0.3, -0.25) is 4.90 Å². The van der Waals surface area contributed by atoms with Crippen molar-refractivity contribution in [2.24, 2.45) is 7.05 Å². The quantitative estimate of drug-likeness (QED) is 0.332. The van der Waals surface area contributed by atoms with Crippen LogP contribution in [0.5, 0.6) is 5.75 Å². The molecule has 3 aromatic carbocycles. The number of rotatable bonds is 7. The number of aromatic nitrogens is 7. The fourth-order valence-electron chi connectivity index (χ4n) is 5.70. The lowest BCUT2D eigenvalue weighted by molar-refractivity contribution is 0.139. The third kappa shape index (κ3) is 5.02. The highest BCUT2D eigenvalue weighted by Crippen LogP contribution is 2.34. The van der Waals surface area contributed by atoms with Crippen molar-refractivity contribution in [2.75, 3.05) is 6.54 Å². The predicted octanol–water partition coefficient (Wildman–Crippen LogP) is 4.65. The van der Waals surface area contributed by atoms with E-state index in [4.69, 9.17) is 4.74 Å². The number of nitrogens with zero attached hydrogens (tertiary/aromatic N) is 7. The van der Waals surface area contributed by atoms with Crippen LogP contribution in [-0.4, -0.2) is 53.2 Å². The molecular formula is C30H34N8O. The Bertz CT molecular complexity index is 1590. The van der Waals surface area contributed by atoms with Gasteiger partial charge in [-0.1, -0.05) is 59.8 Å². The molecule has 6 rings (SSSR count). The van der Waals surface area contributed by atoms with Crippen LogP contribution >= 0.6 is 0 Å². The van der Waals surface area contributed by atoms with Crippen molar-refractivity contribution in [3.05, 3.63) is 93.8 Å². The summed E-state index contributed by atoms with van der Waals surface area (Å²) in [4.78, 5) is 2.51. The van der Waals surface area contributed by atoms with Crippen LogP contribution in [0.4, 0.5) is 0 Å². The van der Waals surface area contributed by atoms with Crippen LogP contribution in [0.3, 0.4) is 0 Å². The lowest BCUT2D eigenvalue weighted by atomic mass is 9.84. The molecule has 0 aliphatic carbocycles. The van der Waals surface area contributed by atoms with Crippen molar-refractivity contribution in [3.8, 4) is 5.75 Å². The number of hydrogen-bond donors (Lipinski definition) is 1. The molecule has 0 spiro atoms. The zero-order valence-corrected chi connectivity index (χ0v) is 22.9. The van der Waals surface area contributed by atoms with Crippen LogP contribution in [0.2, 0.25) is 0 Å². The molecule has 0 fully saturated rings. The Balaban J connectivity index is 1.37. The molecule has 200 valence electrons. The van der Waals surface area contributed by atoms with Crippen LogP contribution in [-0.2, 0) is 26.6 Å². The summed E-state index contributed by atoms with van der Waals surface area (Å²) < 4.78 is 8.17. The SMILES string of the molecule is CC[C@@H]1CN(Cc2cc(C(Cc3nn[nH]n3)c3ccc4c(nnn4C)c3C)ccc2C)Cc2ccccc2O1. The first-order chi connectivity index (χ1) is 19.0. The van der Waals surface area contributed by atoms with E-state index in [0.29, 0.717) is 12.2 Å². The van der Waals surface area contributed by atoms with Crippen molar-refractivity contribution >= 4 is 11.0 Å². The minimum absolute atomic E-state index is 0.0462. The Hall–Kier alpha value is -4.11. The van der Waals surface area contributed by atoms with Gasteiger partial charge in [0.2, 0.25) is 0 Å². The Labute approximate surface area is 228 Å². The molecule has 1 aliphatic heterocycles. The van der Waals surface area contributed by atoms with Gasteiger partial charge in [-0.2, -0.15) is 5.21 Å². The zero-order chi connectivity index (χ0) is 26.9. The molecule has 0 saturated carbocycles. The molecule has 1 N–H and O–H groups in total. The van der Waals surface area contributed by atoms with E-state index in [2.05, 4.69) is 111 Å². The molecule has 2 atom stereocenters. The van der Waals surface area contributed by atoms with E-state index in [1.165, 1.54) is 27.8 Å². The minimum atomic E-state index is 0.0462. The molecule has 1 aliphatic rings. The predicted molar refractivity (Wildman–Crippen MR) is 149 cm³/mol. The van der Waals surface area contributed by atoms with E-state index in [1.807, 2.05) is 11.7 Å². The number of benzene rings is 3. The number of nitrogens with one attached hydrogen (secondary N) is 1. The largest absolute Gasteiger partial charge is 0.489 e. The molecule has 0 saturated heterocycles. The fourth-order valence-corrected chi connectivity index (χ4v) is 5.70. The first-order valence-corrected chi connectivity index (χ1v) is 13.6. The van der Waals surface area contributed by atoms with Crippen LogP contribution in [0.25, 0.3) is 11.0 Å². The molecule has 3 heterocycles. The number of hydrogen-bond acceptors (Lipinski definition) is 7. The van der Waals surface area contributed by atoms with E-state index in [-0.39, 0.29) is 12.0 Å². The molecule has 9 heteroatoms. The normalized spacial score (nSPS) is 16.6. The second-order valence-corrected chi connectivity index (χ2v) is 10.6. The molecule has 0 amide bonds. The Kier molecular flexibility index (Phi) is 6.83. The number of H-pyrrole nitrogens is 1.